The molecule has 1 heterocycles. The van der Waals surface area contributed by atoms with Gasteiger partial charge in [-0.05, 0) is 12.1 Å². The highest BCUT2D eigenvalue weighted by molar-refractivity contribution is 5.68. The van der Waals surface area contributed by atoms with Crippen LogP contribution in [0.15, 0.2) is 33.0 Å². The summed E-state index contributed by atoms with van der Waals surface area (Å²) in [4.78, 5) is 0. The van der Waals surface area contributed by atoms with Crippen LogP contribution < -0.4 is 11.5 Å². The average molecular weight is 239 g/mol. The second-order valence-corrected chi connectivity index (χ2v) is 3.08. The van der Waals surface area contributed by atoms with Crippen molar-refractivity contribution < 1.29 is 13.3 Å². The van der Waals surface area contributed by atoms with E-state index in [-0.39, 0.29) is 23.1 Å². The summed E-state index contributed by atoms with van der Waals surface area (Å²) in [7, 11) is 0. The molecular weight excluding hydrogens is 232 g/mol. The molecule has 4 N–H and O–H groups in total. The van der Waals surface area contributed by atoms with Crippen molar-refractivity contribution in [3.8, 4) is 0 Å². The number of nitrogen functional groups attached to an aromatic ring is 2. The third-order valence-corrected chi connectivity index (χ3v) is 1.88. The Kier molecular flexibility index (Phi) is 2.69. The highest BCUT2D eigenvalue weighted by Gasteiger charge is 2.10. The normalized spacial score (nSPS) is 11.2. The van der Waals surface area contributed by atoms with Gasteiger partial charge in [-0.15, -0.1) is 10.2 Å². The van der Waals surface area contributed by atoms with Crippen LogP contribution in [0.2, 0.25) is 0 Å². The number of anilines is 2. The standard InChI is InChI=1S/C9H7F2N5O/c10-4-1-2-5(11)6(3-4)14-15-7-8(12)16-17-9(7)13/h1-3H,13H2,(H2,12,16). The lowest BCUT2D eigenvalue weighted by molar-refractivity contribution is 0.440. The Morgan fingerprint density at radius 2 is 1.94 bits per heavy atom. The molecule has 0 radical (unpaired) electrons. The number of hydrogen-bond acceptors (Lipinski definition) is 6. The summed E-state index contributed by atoms with van der Waals surface area (Å²) in [5.74, 6) is -1.58. The van der Waals surface area contributed by atoms with Gasteiger partial charge in [-0.1, -0.05) is 5.16 Å². The van der Waals surface area contributed by atoms with Crippen molar-refractivity contribution >= 4 is 23.1 Å². The molecule has 8 heteroatoms. The van der Waals surface area contributed by atoms with E-state index in [1.807, 2.05) is 0 Å². The summed E-state index contributed by atoms with van der Waals surface area (Å²) in [5, 5.41) is 10.4. The first-order chi connectivity index (χ1) is 8.08. The minimum atomic E-state index is -0.719. The minimum absolute atomic E-state index is 0.0198. The van der Waals surface area contributed by atoms with Gasteiger partial charge in [0, 0.05) is 6.07 Å². The molecule has 0 spiro atoms. The Balaban J connectivity index is 2.35. The van der Waals surface area contributed by atoms with Gasteiger partial charge in [0.2, 0.25) is 0 Å². The third kappa shape index (κ3) is 2.19. The summed E-state index contributed by atoms with van der Waals surface area (Å²) in [6, 6.07) is 2.79. The molecule has 1 aromatic carbocycles. The van der Waals surface area contributed by atoms with Crippen LogP contribution in [-0.4, -0.2) is 5.16 Å². The maximum atomic E-state index is 13.2. The molecule has 0 bridgehead atoms. The van der Waals surface area contributed by atoms with Crippen LogP contribution in [0.4, 0.5) is 31.9 Å². The molecule has 2 rings (SSSR count). The Morgan fingerprint density at radius 3 is 2.59 bits per heavy atom. The van der Waals surface area contributed by atoms with Crippen LogP contribution in [0.5, 0.6) is 0 Å². The Bertz CT molecular complexity index is 561. The fourth-order valence-corrected chi connectivity index (χ4v) is 1.08. The van der Waals surface area contributed by atoms with E-state index in [1.165, 1.54) is 0 Å². The van der Waals surface area contributed by atoms with Gasteiger partial charge >= 0.3 is 0 Å². The van der Waals surface area contributed by atoms with Gasteiger partial charge in [-0.2, -0.15) is 0 Å². The van der Waals surface area contributed by atoms with Gasteiger partial charge in [0.1, 0.15) is 11.5 Å². The van der Waals surface area contributed by atoms with E-state index in [2.05, 4.69) is 19.9 Å². The predicted octanol–water partition coefficient (Wildman–Crippen LogP) is 2.53. The molecule has 88 valence electrons. The Labute approximate surface area is 93.9 Å². The van der Waals surface area contributed by atoms with Crippen LogP contribution in [0.1, 0.15) is 0 Å². The molecule has 0 saturated heterocycles. The largest absolute Gasteiger partial charge is 0.379 e. The lowest BCUT2D eigenvalue weighted by atomic mass is 10.3. The first-order valence-electron chi connectivity index (χ1n) is 4.45. The zero-order chi connectivity index (χ0) is 12.4. The molecule has 0 saturated carbocycles. The molecule has 0 unspecified atom stereocenters. The van der Waals surface area contributed by atoms with Gasteiger partial charge in [-0.3, -0.25) is 0 Å². The SMILES string of the molecule is Nc1noc(N)c1N=Nc1cc(F)ccc1F. The van der Waals surface area contributed by atoms with Gasteiger partial charge in [-0.25, -0.2) is 8.78 Å². The van der Waals surface area contributed by atoms with Gasteiger partial charge in [0.25, 0.3) is 5.88 Å². The van der Waals surface area contributed by atoms with E-state index in [0.29, 0.717) is 0 Å². The van der Waals surface area contributed by atoms with Crippen LogP contribution in [0.3, 0.4) is 0 Å². The molecule has 0 aliphatic rings. The highest BCUT2D eigenvalue weighted by Crippen LogP contribution is 2.30. The zero-order valence-corrected chi connectivity index (χ0v) is 8.39. The summed E-state index contributed by atoms with van der Waals surface area (Å²) in [6.07, 6.45) is 0. The number of nitrogens with zero attached hydrogens (tertiary/aromatic N) is 3. The molecule has 6 nitrogen and oxygen atoms in total. The monoisotopic (exact) mass is 239 g/mol. The first kappa shape index (κ1) is 11.0. The lowest BCUT2D eigenvalue weighted by Gasteiger charge is -1.95. The Hall–Kier alpha value is -2.51. The van der Waals surface area contributed by atoms with E-state index >= 15 is 0 Å². The van der Waals surface area contributed by atoms with Crippen molar-refractivity contribution in [2.24, 2.45) is 10.2 Å². The molecule has 0 amide bonds. The Morgan fingerprint density at radius 1 is 1.18 bits per heavy atom. The maximum absolute atomic E-state index is 13.2. The number of nitrogens with two attached hydrogens (primary N) is 2. The maximum Gasteiger partial charge on any atom is 0.252 e. The summed E-state index contributed by atoms with van der Waals surface area (Å²) in [5.41, 5.74) is 10.4. The summed E-state index contributed by atoms with van der Waals surface area (Å²) < 4.78 is 30.5. The molecule has 1 aromatic heterocycles. The van der Waals surface area contributed by atoms with E-state index in [0.717, 1.165) is 18.2 Å². The van der Waals surface area contributed by atoms with Crippen molar-refractivity contribution in [2.75, 3.05) is 11.5 Å². The second-order valence-electron chi connectivity index (χ2n) is 3.08. The lowest BCUT2D eigenvalue weighted by Crippen LogP contribution is -1.84. The topological polar surface area (TPSA) is 103 Å². The number of halogens is 2. The number of rotatable bonds is 2. The van der Waals surface area contributed by atoms with Crippen LogP contribution in [-0.2, 0) is 0 Å². The number of benzene rings is 1. The third-order valence-electron chi connectivity index (χ3n) is 1.88. The van der Waals surface area contributed by atoms with Crippen molar-refractivity contribution in [3.63, 3.8) is 0 Å². The smallest absolute Gasteiger partial charge is 0.252 e. The molecule has 0 atom stereocenters. The van der Waals surface area contributed by atoms with Crippen molar-refractivity contribution in [2.45, 2.75) is 0 Å². The first-order valence-corrected chi connectivity index (χ1v) is 4.45. The van der Waals surface area contributed by atoms with E-state index < -0.39 is 11.6 Å². The second kappa shape index (κ2) is 4.16. The minimum Gasteiger partial charge on any atom is -0.379 e. The van der Waals surface area contributed by atoms with Gasteiger partial charge < -0.3 is 16.0 Å². The number of aromatic nitrogens is 1. The van der Waals surface area contributed by atoms with E-state index in [4.69, 9.17) is 11.5 Å². The quantitative estimate of drug-likeness (QED) is 0.785. The fraction of sp³-hybridized carbons (Fsp3) is 0. The van der Waals surface area contributed by atoms with Crippen molar-refractivity contribution in [1.82, 2.24) is 5.16 Å². The summed E-state index contributed by atoms with van der Waals surface area (Å²) >= 11 is 0. The molecule has 2 aromatic rings. The number of hydrogen-bond donors (Lipinski definition) is 2. The van der Waals surface area contributed by atoms with Crippen molar-refractivity contribution in [3.05, 3.63) is 29.8 Å². The van der Waals surface area contributed by atoms with E-state index in [1.54, 1.807) is 0 Å². The van der Waals surface area contributed by atoms with Crippen LogP contribution >= 0.6 is 0 Å². The predicted molar refractivity (Wildman–Crippen MR) is 55.9 cm³/mol. The van der Waals surface area contributed by atoms with Crippen LogP contribution in [0.25, 0.3) is 0 Å². The molecular formula is C9H7F2N5O. The zero-order valence-electron chi connectivity index (χ0n) is 8.39. The molecule has 0 aliphatic carbocycles. The molecule has 0 fully saturated rings. The average Bonchev–Trinajstić information content (AvgIpc) is 2.61. The fourth-order valence-electron chi connectivity index (χ4n) is 1.08. The van der Waals surface area contributed by atoms with Gasteiger partial charge in [0.05, 0.1) is 0 Å². The van der Waals surface area contributed by atoms with Crippen molar-refractivity contribution in [1.29, 1.82) is 0 Å². The van der Waals surface area contributed by atoms with E-state index in [9.17, 15) is 8.78 Å². The number of azo groups is 1. The van der Waals surface area contributed by atoms with Gasteiger partial charge in [0.15, 0.2) is 17.3 Å². The van der Waals surface area contributed by atoms with Crippen LogP contribution in [0, 0.1) is 11.6 Å². The molecule has 17 heavy (non-hydrogen) atoms. The highest BCUT2D eigenvalue weighted by atomic mass is 19.1. The molecule has 0 aliphatic heterocycles. The summed E-state index contributed by atoms with van der Waals surface area (Å²) in [6.45, 7) is 0.